The maximum Gasteiger partial charge on any atom is 0.335 e. The van der Waals surface area contributed by atoms with Crippen molar-refractivity contribution in [3.63, 3.8) is 0 Å². The quantitative estimate of drug-likeness (QED) is 0.435. The number of nitrogen functional groups attached to an aromatic ring is 1. The lowest BCUT2D eigenvalue weighted by Gasteiger charge is -2.38. The maximum atomic E-state index is 11.4. The molecule has 32 heavy (non-hydrogen) atoms. The molecule has 1 aliphatic rings. The summed E-state index contributed by atoms with van der Waals surface area (Å²) in [5.41, 5.74) is 8.30. The molecule has 0 bridgehead atoms. The number of carboxylic acid groups (broad SMARTS) is 1. The maximum absolute atomic E-state index is 11.4. The first kappa shape index (κ1) is 22.3. The molecule has 0 saturated carbocycles. The van der Waals surface area contributed by atoms with Gasteiger partial charge in [-0.3, -0.25) is 4.90 Å². The monoisotopic (exact) mass is 498 g/mol. The van der Waals surface area contributed by atoms with Gasteiger partial charge in [0.05, 0.1) is 5.56 Å². The van der Waals surface area contributed by atoms with Crippen molar-refractivity contribution in [3.8, 4) is 0 Å². The minimum atomic E-state index is -0.896. The highest BCUT2D eigenvalue weighted by atomic mass is 79.9. The van der Waals surface area contributed by atoms with E-state index in [1.807, 2.05) is 12.1 Å². The van der Waals surface area contributed by atoms with Gasteiger partial charge in [0.25, 0.3) is 0 Å². The van der Waals surface area contributed by atoms with Crippen molar-refractivity contribution in [2.45, 2.75) is 31.8 Å². The number of carbonyl (C=O) groups is 1. The fraction of sp³-hybridized carbons (Fsp3) is 0.348. The Balaban J connectivity index is 1.46. The summed E-state index contributed by atoms with van der Waals surface area (Å²) in [6.07, 6.45) is 2.89. The Kier molecular flexibility index (Phi) is 7.06. The Morgan fingerprint density at radius 1 is 1.19 bits per heavy atom. The molecule has 168 valence electrons. The fourth-order valence-corrected chi connectivity index (χ4v) is 4.45. The van der Waals surface area contributed by atoms with Gasteiger partial charge in [0.2, 0.25) is 11.9 Å². The normalized spacial score (nSPS) is 14.8. The van der Waals surface area contributed by atoms with Crippen LogP contribution in [0.15, 0.2) is 53.0 Å². The molecule has 4 N–H and O–H groups in total. The highest BCUT2D eigenvalue weighted by Crippen LogP contribution is 2.23. The van der Waals surface area contributed by atoms with Crippen LogP contribution in [-0.4, -0.2) is 56.8 Å². The van der Waals surface area contributed by atoms with Crippen LogP contribution in [0.1, 0.15) is 34.3 Å². The summed E-state index contributed by atoms with van der Waals surface area (Å²) < 4.78 is 1.07. The summed E-state index contributed by atoms with van der Waals surface area (Å²) in [5, 5.41) is 16.2. The molecule has 0 atom stereocenters. The van der Waals surface area contributed by atoms with E-state index in [4.69, 9.17) is 5.73 Å². The minimum Gasteiger partial charge on any atom is -0.478 e. The smallest absolute Gasteiger partial charge is 0.335 e. The summed E-state index contributed by atoms with van der Waals surface area (Å²) in [7, 11) is 0. The van der Waals surface area contributed by atoms with E-state index >= 15 is 0 Å². The summed E-state index contributed by atoms with van der Waals surface area (Å²) in [5.74, 6) is 0.0837. The number of aromatic carboxylic acids is 1. The number of halogens is 1. The highest BCUT2D eigenvalue weighted by Gasteiger charge is 2.26. The van der Waals surface area contributed by atoms with Crippen molar-refractivity contribution in [2.24, 2.45) is 0 Å². The Morgan fingerprint density at radius 2 is 1.94 bits per heavy atom. The molecular formula is C23H27BrN6O2. The van der Waals surface area contributed by atoms with Crippen molar-refractivity contribution >= 4 is 33.8 Å². The van der Waals surface area contributed by atoms with Gasteiger partial charge in [-0.05, 0) is 54.7 Å². The van der Waals surface area contributed by atoms with E-state index in [2.05, 4.69) is 65.2 Å². The molecule has 2 heterocycles. The van der Waals surface area contributed by atoms with Gasteiger partial charge in [-0.25, -0.2) is 9.89 Å². The van der Waals surface area contributed by atoms with Gasteiger partial charge in [-0.1, -0.05) is 40.2 Å². The molecule has 3 aromatic rings. The third-order valence-corrected chi connectivity index (χ3v) is 6.44. The lowest BCUT2D eigenvalue weighted by Crippen LogP contribution is -2.45. The number of nitrogens with two attached hydrogens (primary N) is 1. The molecule has 2 aromatic carbocycles. The van der Waals surface area contributed by atoms with E-state index in [0.29, 0.717) is 23.5 Å². The van der Waals surface area contributed by atoms with Gasteiger partial charge in [-0.15, -0.1) is 5.10 Å². The molecule has 1 fully saturated rings. The zero-order chi connectivity index (χ0) is 22.5. The molecule has 9 heteroatoms. The van der Waals surface area contributed by atoms with Gasteiger partial charge in [0.15, 0.2) is 0 Å². The Hall–Kier alpha value is -2.91. The molecule has 0 amide bonds. The van der Waals surface area contributed by atoms with E-state index in [-0.39, 0.29) is 0 Å². The lowest BCUT2D eigenvalue weighted by molar-refractivity contribution is 0.0696. The number of hydrogen-bond donors (Lipinski definition) is 3. The largest absolute Gasteiger partial charge is 0.478 e. The van der Waals surface area contributed by atoms with Crippen LogP contribution in [0, 0.1) is 0 Å². The summed E-state index contributed by atoms with van der Waals surface area (Å²) >= 11 is 3.49. The molecule has 0 spiro atoms. The predicted molar refractivity (Wildman–Crippen MR) is 128 cm³/mol. The van der Waals surface area contributed by atoms with Crippen molar-refractivity contribution < 1.29 is 9.90 Å². The van der Waals surface area contributed by atoms with Crippen LogP contribution >= 0.6 is 15.9 Å². The van der Waals surface area contributed by atoms with Crippen molar-refractivity contribution in [3.05, 3.63) is 69.7 Å². The first-order chi connectivity index (χ1) is 15.5. The number of aromatic amines is 1. The van der Waals surface area contributed by atoms with E-state index in [1.165, 1.54) is 5.56 Å². The van der Waals surface area contributed by atoms with Crippen LogP contribution in [-0.2, 0) is 13.0 Å². The molecule has 0 radical (unpaired) electrons. The molecule has 1 aromatic heterocycles. The van der Waals surface area contributed by atoms with Crippen LogP contribution in [0.3, 0.4) is 0 Å². The number of nitrogens with one attached hydrogen (secondary N) is 1. The molecule has 1 saturated heterocycles. The Morgan fingerprint density at radius 3 is 2.59 bits per heavy atom. The van der Waals surface area contributed by atoms with Crippen molar-refractivity contribution in [1.82, 2.24) is 20.1 Å². The molecule has 4 rings (SSSR count). The number of piperidine rings is 1. The third kappa shape index (κ3) is 5.66. The SMILES string of the molecule is Nc1nc(N2CCC(N(CCc3ccc(Br)cc3)Cc3cccc(C(=O)O)c3)CC2)n[nH]1. The standard InChI is InChI=1S/C23H27BrN6O2/c24-19-6-4-16(5-7-19)8-11-30(15-17-2-1-3-18(14-17)21(31)32)20-9-12-29(13-10-20)23-26-22(25)27-28-23/h1-7,14,20H,8-13,15H2,(H,31,32)(H3,25,26,27,28). The highest BCUT2D eigenvalue weighted by molar-refractivity contribution is 9.10. The van der Waals surface area contributed by atoms with E-state index in [0.717, 1.165) is 55.5 Å². The van der Waals surface area contributed by atoms with Gasteiger partial charge in [0, 0.05) is 36.7 Å². The van der Waals surface area contributed by atoms with Crippen LogP contribution in [0.2, 0.25) is 0 Å². The van der Waals surface area contributed by atoms with Gasteiger partial charge in [0.1, 0.15) is 0 Å². The summed E-state index contributed by atoms with van der Waals surface area (Å²) in [6, 6.07) is 16.1. The second-order valence-corrected chi connectivity index (χ2v) is 9.01. The van der Waals surface area contributed by atoms with Crippen LogP contribution in [0.4, 0.5) is 11.9 Å². The molecule has 0 aliphatic carbocycles. The number of benzene rings is 2. The van der Waals surface area contributed by atoms with E-state index in [1.54, 1.807) is 12.1 Å². The van der Waals surface area contributed by atoms with Crippen molar-refractivity contribution in [1.29, 1.82) is 0 Å². The third-order valence-electron chi connectivity index (χ3n) is 5.92. The molecular weight excluding hydrogens is 472 g/mol. The average Bonchev–Trinajstić information content (AvgIpc) is 3.24. The Labute approximate surface area is 195 Å². The molecule has 8 nitrogen and oxygen atoms in total. The number of carboxylic acids is 1. The average molecular weight is 499 g/mol. The number of rotatable bonds is 8. The number of anilines is 2. The number of H-pyrrole nitrogens is 1. The van der Waals surface area contributed by atoms with Crippen LogP contribution < -0.4 is 10.6 Å². The van der Waals surface area contributed by atoms with Gasteiger partial charge >= 0.3 is 5.97 Å². The first-order valence-electron chi connectivity index (χ1n) is 10.7. The molecule has 1 aliphatic heterocycles. The second kappa shape index (κ2) is 10.1. The summed E-state index contributed by atoms with van der Waals surface area (Å²) in [4.78, 5) is 20.3. The predicted octanol–water partition coefficient (Wildman–Crippen LogP) is 3.56. The van der Waals surface area contributed by atoms with Crippen LogP contribution in [0.5, 0.6) is 0 Å². The number of hydrogen-bond acceptors (Lipinski definition) is 6. The number of aromatic nitrogens is 3. The van der Waals surface area contributed by atoms with E-state index < -0.39 is 5.97 Å². The summed E-state index contributed by atoms with van der Waals surface area (Å²) in [6.45, 7) is 3.32. The minimum absolute atomic E-state index is 0.326. The first-order valence-corrected chi connectivity index (χ1v) is 11.5. The number of nitrogens with zero attached hydrogens (tertiary/aromatic N) is 4. The van der Waals surface area contributed by atoms with E-state index in [9.17, 15) is 9.90 Å². The van der Waals surface area contributed by atoms with Gasteiger partial charge < -0.3 is 15.7 Å². The van der Waals surface area contributed by atoms with Gasteiger partial charge in [-0.2, -0.15) is 4.98 Å². The van der Waals surface area contributed by atoms with Crippen LogP contribution in [0.25, 0.3) is 0 Å². The van der Waals surface area contributed by atoms with Crippen molar-refractivity contribution in [2.75, 3.05) is 30.3 Å². The zero-order valence-corrected chi connectivity index (χ0v) is 19.3. The molecule has 0 unspecified atom stereocenters. The fourth-order valence-electron chi connectivity index (χ4n) is 4.19. The topological polar surface area (TPSA) is 111 Å². The Bertz CT molecular complexity index is 1050. The second-order valence-electron chi connectivity index (χ2n) is 8.09. The zero-order valence-electron chi connectivity index (χ0n) is 17.7. The lowest BCUT2D eigenvalue weighted by atomic mass is 10.0.